The molecule has 0 bridgehead atoms. The smallest absolute Gasteiger partial charge is 0.246 e. The van der Waals surface area contributed by atoms with Crippen molar-refractivity contribution in [2.24, 2.45) is 23.3 Å². The van der Waals surface area contributed by atoms with Gasteiger partial charge in [-0.05, 0) is 98.2 Å². The molecule has 0 unspecified atom stereocenters. The molecule has 14 atom stereocenters. The van der Waals surface area contributed by atoms with Crippen LogP contribution >= 0.6 is 11.8 Å². The van der Waals surface area contributed by atoms with Gasteiger partial charge in [-0.25, -0.2) is 0 Å². The van der Waals surface area contributed by atoms with Crippen LogP contribution in [0.3, 0.4) is 0 Å². The second-order valence-corrected chi connectivity index (χ2v) is 35.5. The molecule has 716 valence electrons. The Balaban J connectivity index is 1.17. The molecule has 3 aromatic carbocycles. The topological polar surface area (TPSA) is 572 Å². The third kappa shape index (κ3) is 29.6. The Kier molecular flexibility index (Phi) is 39.9. The monoisotopic (exact) mass is 1840 g/mol. The summed E-state index contributed by atoms with van der Waals surface area (Å²) >= 11 is 0.820. The van der Waals surface area contributed by atoms with Gasteiger partial charge in [0, 0.05) is 120 Å². The van der Waals surface area contributed by atoms with Crippen LogP contribution in [-0.4, -0.2) is 315 Å². The van der Waals surface area contributed by atoms with E-state index in [-0.39, 0.29) is 107 Å². The number of aromatic nitrogens is 2. The predicted octanol–water partition coefficient (Wildman–Crippen LogP) is -1.24. The number of rotatable bonds is 25. The summed E-state index contributed by atoms with van der Waals surface area (Å²) in [5, 5.41) is 52.3. The first-order chi connectivity index (χ1) is 62.4. The molecule has 0 saturated carbocycles. The van der Waals surface area contributed by atoms with Crippen LogP contribution in [0.4, 0.5) is 0 Å². The minimum absolute atomic E-state index is 0.00127. The van der Waals surface area contributed by atoms with Crippen molar-refractivity contribution < 1.29 is 96.5 Å². The number of aliphatic hydroxyl groups is 1. The van der Waals surface area contributed by atoms with Gasteiger partial charge in [0.1, 0.15) is 84.3 Å². The van der Waals surface area contributed by atoms with Gasteiger partial charge >= 0.3 is 0 Å². The maximum absolute atomic E-state index is 15.6. The third-order valence-electron chi connectivity index (χ3n) is 23.5. The normalized spacial score (nSPS) is 24.7. The number of hydrogen-bond acceptors (Lipinski definition) is 22. The van der Waals surface area contributed by atoms with Crippen LogP contribution < -0.4 is 70.0 Å². The molecule has 0 radical (unpaired) electrons. The van der Waals surface area contributed by atoms with Crippen molar-refractivity contribution in [3.63, 3.8) is 0 Å². The Morgan fingerprint density at radius 1 is 0.565 bits per heavy atom. The Morgan fingerprint density at radius 2 is 1.10 bits per heavy atom. The number of fused-ring (bicyclic) bond motifs is 4. The van der Waals surface area contributed by atoms with Gasteiger partial charge in [0.05, 0.1) is 38.0 Å². The number of likely N-dealkylation sites (N-methyl/N-ethyl adjacent to an activating group) is 3. The lowest BCUT2D eigenvalue weighted by Gasteiger charge is -2.36. The fourth-order valence-corrected chi connectivity index (χ4v) is 17.1. The number of phenols is 1. The molecule has 5 heterocycles. The summed E-state index contributed by atoms with van der Waals surface area (Å²) in [6.45, 7) is 9.87. The van der Waals surface area contributed by atoms with Crippen LogP contribution in [-0.2, 0) is 106 Å². The van der Waals surface area contributed by atoms with Crippen LogP contribution in [0.25, 0.3) is 21.8 Å². The number of para-hydroxylation sites is 2. The number of primary amides is 1. The first-order valence-corrected chi connectivity index (χ1v) is 45.8. The Morgan fingerprint density at radius 3 is 1.71 bits per heavy atom. The summed E-state index contributed by atoms with van der Waals surface area (Å²) < 4.78 is 5.04. The number of nitrogens with zero attached hydrogens (tertiary/aromatic N) is 5. The van der Waals surface area contributed by atoms with Crippen molar-refractivity contribution >= 4 is 134 Å². The molecule has 3 saturated heterocycles. The number of aromatic hydroxyl groups is 1. The van der Waals surface area contributed by atoms with E-state index in [1.54, 1.807) is 76.5 Å². The summed E-state index contributed by atoms with van der Waals surface area (Å²) in [7, 11) is 5.46. The fourth-order valence-electron chi connectivity index (χ4n) is 16.2. The maximum atomic E-state index is 15.6. The number of methoxy groups -OCH3 is 1. The van der Waals surface area contributed by atoms with Crippen molar-refractivity contribution in [2.75, 3.05) is 85.6 Å². The quantitative estimate of drug-likeness (QED) is 0.0304. The molecule has 0 aliphatic carbocycles. The number of nitrogens with two attached hydrogens (primary N) is 2. The zero-order chi connectivity index (χ0) is 96.0. The van der Waals surface area contributed by atoms with Crippen molar-refractivity contribution in [1.82, 2.24) is 93.0 Å². The zero-order valence-electron chi connectivity index (χ0n) is 76.3. The molecule has 19 N–H and O–H groups in total. The number of thioether (sulfide) groups is 1. The molecule has 41 heteroatoms. The number of carbonyl (C=O) groups excluding carboxylic acids is 17. The van der Waals surface area contributed by atoms with Crippen LogP contribution in [0.5, 0.6) is 5.75 Å². The standard InChI is InChI=1S/C90H130N20O20S/c1-12-14-25-70-83(122)100-62(35-50(3)4)81(120)105-69(80(119)96-45-75(114)93-32-34-130-11)48-131-49-77(116)99-65(37-53-28-30-56(111)31-29-53)86(125)106(8)52(7)78(117)102-67(41-74(92)113)88(127)109-33-20-27-71(109)84(123)104-68(42-91)82(121)103-64(36-51(5)6)89(128)110-47-57(112)40-73(110)85(124)101-63(38-54-43-94-60-23-18-16-21-58(54)60)79(118)97-46-76(115)98-66(39-55-44-95-61-24-19-17-22-59(55)61)87(126)108(10)72(26-15-13-2)90(129)107(70)9/h16-19,21-24,28-31,43-44,50-52,57,62-73,94-95,111-112H,12-15,20,25-27,32-42,45-49,91H2,1-11H3,(H2,92,113)(H,93,114)(H,96,119)(H,97,118)(H,98,115)(H,99,116)(H,100,122)(H,101,124)(H,102,117)(H,103,121)(H,104,123)(H,105,120)/t52-,57+,62-,63-,64-,65-,66-,67-,68-,69-,70-,71-,72-,73-/m0/s1. The number of carbonyl (C=O) groups is 17. The number of ether oxygens (including phenoxy) is 1. The van der Waals surface area contributed by atoms with Gasteiger partial charge < -0.3 is 119 Å². The first kappa shape index (κ1) is 104. The fraction of sp³-hybridized carbons (Fsp3) is 0.567. The largest absolute Gasteiger partial charge is 0.508 e. The second kappa shape index (κ2) is 50.2. The molecule has 131 heavy (non-hydrogen) atoms. The van der Waals surface area contributed by atoms with E-state index in [2.05, 4.69) is 68.5 Å². The molecule has 40 nitrogen and oxygen atoms in total. The minimum atomic E-state index is -1.75. The highest BCUT2D eigenvalue weighted by Crippen LogP contribution is 2.28. The molecule has 2 aromatic heterocycles. The second-order valence-electron chi connectivity index (χ2n) is 34.5. The lowest BCUT2D eigenvalue weighted by atomic mass is 9.99. The summed E-state index contributed by atoms with van der Waals surface area (Å²) in [6, 6.07) is 0.913. The number of H-pyrrole nitrogens is 2. The number of phenolic OH excluding ortho intramolecular Hbond substituents is 1. The van der Waals surface area contributed by atoms with Crippen molar-refractivity contribution in [1.29, 1.82) is 0 Å². The van der Waals surface area contributed by atoms with Gasteiger partial charge in [-0.2, -0.15) is 0 Å². The Bertz CT molecular complexity index is 4850. The molecule has 3 aliphatic rings. The van der Waals surface area contributed by atoms with E-state index in [4.69, 9.17) is 16.2 Å². The molecule has 8 rings (SSSR count). The molecule has 3 fully saturated rings. The lowest BCUT2D eigenvalue weighted by molar-refractivity contribution is -0.149. The van der Waals surface area contributed by atoms with E-state index in [1.807, 2.05) is 26.0 Å². The SMILES string of the molecule is CCCC[C@H]1C(=O)N(C)[C@@H](CCCC)C(=O)N[C@@H](CC(C)C)C(=O)N[C@H](C(=O)NCC(=O)NCCOC)CSCC(=O)N[C@@H](Cc2ccc(O)cc2)C(=O)N(C)[C@@H](C)C(=O)N[C@@H](CC(N)=O)C(=O)N2CCC[C@H]2C(=O)N[C@@H](CN)C(=O)N[C@@H](CC(C)C)C(=O)N2C[C@H](O)C[C@H]2C(=O)N[C@@H](Cc2c[nH]c3ccccc23)C(=O)NCC(=O)N[C@@H](Cc2c[nH]c3ccccc23)C(=O)N1C. The van der Waals surface area contributed by atoms with Crippen molar-refractivity contribution in [2.45, 2.75) is 229 Å². The highest BCUT2D eigenvalue weighted by molar-refractivity contribution is 8.00. The molecule has 5 aromatic rings. The van der Waals surface area contributed by atoms with Crippen molar-refractivity contribution in [3.8, 4) is 5.75 Å². The van der Waals surface area contributed by atoms with Gasteiger partial charge in [-0.15, -0.1) is 11.8 Å². The summed E-state index contributed by atoms with van der Waals surface area (Å²) in [4.78, 5) is 261. The highest BCUT2D eigenvalue weighted by atomic mass is 32.2. The number of hydrogen-bond donors (Lipinski definition) is 17. The van der Waals surface area contributed by atoms with E-state index < -0.39 is 223 Å². The van der Waals surface area contributed by atoms with Gasteiger partial charge in [-0.3, -0.25) is 81.5 Å². The summed E-state index contributed by atoms with van der Waals surface area (Å²) in [5.41, 5.74) is 14.8. The van der Waals surface area contributed by atoms with Gasteiger partial charge in [0.15, 0.2) is 0 Å². The lowest BCUT2D eigenvalue weighted by Crippen LogP contribution is -2.61. The van der Waals surface area contributed by atoms with Gasteiger partial charge in [0.25, 0.3) is 0 Å². The number of nitrogens with one attached hydrogen (secondary N) is 13. The average molecular weight is 1840 g/mol. The summed E-state index contributed by atoms with van der Waals surface area (Å²) in [5.74, 6) is -16.4. The Labute approximate surface area is 765 Å². The van der Waals surface area contributed by atoms with Crippen LogP contribution in [0.1, 0.15) is 142 Å². The Hall–Kier alpha value is -12.2. The van der Waals surface area contributed by atoms with E-state index in [9.17, 15) is 67.7 Å². The number of aliphatic hydroxyl groups excluding tert-OH is 1. The van der Waals surface area contributed by atoms with Gasteiger partial charge in [0.2, 0.25) is 100 Å². The molecule has 17 amide bonds. The number of benzene rings is 3. The van der Waals surface area contributed by atoms with E-state index in [0.717, 1.165) is 26.5 Å². The highest BCUT2D eigenvalue weighted by Gasteiger charge is 2.46. The van der Waals surface area contributed by atoms with E-state index >= 15 is 24.0 Å². The number of aromatic amines is 2. The van der Waals surface area contributed by atoms with Crippen LogP contribution in [0.15, 0.2) is 85.2 Å². The van der Waals surface area contributed by atoms with Crippen LogP contribution in [0.2, 0.25) is 0 Å². The number of unbranched alkanes of at least 4 members (excludes halogenated alkanes) is 2. The molecular formula is C90H130N20O20S. The van der Waals surface area contributed by atoms with Crippen molar-refractivity contribution in [3.05, 3.63) is 102 Å². The average Bonchev–Trinajstić information content (AvgIpc) is 1.75. The van der Waals surface area contributed by atoms with E-state index in [1.165, 1.54) is 69.2 Å². The summed E-state index contributed by atoms with van der Waals surface area (Å²) in [6.07, 6.45) is 2.32. The molecule has 0 spiro atoms. The van der Waals surface area contributed by atoms with Crippen LogP contribution in [0, 0.1) is 11.8 Å². The number of amides is 17. The third-order valence-corrected chi connectivity index (χ3v) is 24.6. The zero-order valence-corrected chi connectivity index (χ0v) is 77.1. The van der Waals surface area contributed by atoms with Gasteiger partial charge in [-0.1, -0.05) is 116 Å². The minimum Gasteiger partial charge on any atom is -0.508 e. The van der Waals surface area contributed by atoms with E-state index in [0.29, 0.717) is 64.2 Å². The molecular weight excluding hydrogens is 1710 g/mol. The molecule has 3 aliphatic heterocycles. The predicted molar refractivity (Wildman–Crippen MR) is 487 cm³/mol. The first-order valence-electron chi connectivity index (χ1n) is 44.6. The maximum Gasteiger partial charge on any atom is 0.246 e.